The molecule has 1 heterocycles. The van der Waals surface area contributed by atoms with Crippen LogP contribution in [0.4, 0.5) is 0 Å². The number of methoxy groups -OCH3 is 1. The van der Waals surface area contributed by atoms with Crippen molar-refractivity contribution in [3.8, 4) is 22.7 Å². The first-order valence-corrected chi connectivity index (χ1v) is 7.67. The number of hydrogen-bond acceptors (Lipinski definition) is 3. The largest absolute Gasteiger partial charge is 0.497 e. The molecule has 118 valence electrons. The fourth-order valence-electron chi connectivity index (χ4n) is 2.28. The first-order chi connectivity index (χ1) is 11.1. The fraction of sp³-hybridized carbons (Fsp3) is 0.118. The molecule has 2 aromatic carbocycles. The lowest BCUT2D eigenvalue weighted by atomic mass is 10.1. The summed E-state index contributed by atoms with van der Waals surface area (Å²) in [5.41, 5.74) is 3.06. The van der Waals surface area contributed by atoms with E-state index in [1.54, 1.807) is 23.9 Å². The number of nitrogens with zero attached hydrogens (tertiary/aromatic N) is 2. The van der Waals surface area contributed by atoms with Crippen molar-refractivity contribution in [1.82, 2.24) is 9.78 Å². The predicted octanol–water partition coefficient (Wildman–Crippen LogP) is 4.35. The van der Waals surface area contributed by atoms with Gasteiger partial charge >= 0.3 is 0 Å². The average Bonchev–Trinajstić information content (AvgIpc) is 3.02. The standard InChI is InChI=1S/C17H14Cl2N2O2/c1-23-14-5-3-12(4-6-14)21-13(10-22)9-17(20-21)11-2-7-15(18)16(19)8-11/h2-9,22H,10H2,1H3. The molecule has 3 aromatic rings. The first kappa shape index (κ1) is 15.9. The summed E-state index contributed by atoms with van der Waals surface area (Å²) in [5, 5.41) is 15.1. The Morgan fingerprint density at radius 3 is 2.39 bits per heavy atom. The molecule has 1 aromatic heterocycles. The summed E-state index contributed by atoms with van der Waals surface area (Å²) in [6, 6.07) is 14.6. The lowest BCUT2D eigenvalue weighted by Gasteiger charge is -2.06. The van der Waals surface area contributed by atoms with Gasteiger partial charge < -0.3 is 9.84 Å². The van der Waals surface area contributed by atoms with Gasteiger partial charge in [-0.1, -0.05) is 29.3 Å². The third-order valence-corrected chi connectivity index (χ3v) is 4.22. The van der Waals surface area contributed by atoms with Gasteiger partial charge in [-0.15, -0.1) is 0 Å². The number of rotatable bonds is 4. The van der Waals surface area contributed by atoms with Crippen LogP contribution in [0.1, 0.15) is 5.69 Å². The molecule has 0 aliphatic carbocycles. The van der Waals surface area contributed by atoms with Gasteiger partial charge in [0.25, 0.3) is 0 Å². The monoisotopic (exact) mass is 348 g/mol. The third-order valence-electron chi connectivity index (χ3n) is 3.48. The lowest BCUT2D eigenvalue weighted by Crippen LogP contribution is -2.01. The number of halogens is 2. The van der Waals surface area contributed by atoms with E-state index < -0.39 is 0 Å². The Hall–Kier alpha value is -2.01. The van der Waals surface area contributed by atoms with Crippen molar-refractivity contribution < 1.29 is 9.84 Å². The van der Waals surface area contributed by atoms with E-state index >= 15 is 0 Å². The normalized spacial score (nSPS) is 10.8. The number of aromatic nitrogens is 2. The van der Waals surface area contributed by atoms with Gasteiger partial charge in [-0.25, -0.2) is 4.68 Å². The summed E-state index contributed by atoms with van der Waals surface area (Å²) in [7, 11) is 1.62. The maximum Gasteiger partial charge on any atom is 0.119 e. The van der Waals surface area contributed by atoms with Crippen molar-refractivity contribution in [1.29, 1.82) is 0 Å². The molecule has 0 bridgehead atoms. The molecular weight excluding hydrogens is 335 g/mol. The number of aliphatic hydroxyl groups is 1. The molecule has 4 nitrogen and oxygen atoms in total. The van der Waals surface area contributed by atoms with Crippen LogP contribution in [0.25, 0.3) is 16.9 Å². The van der Waals surface area contributed by atoms with Crippen LogP contribution in [-0.4, -0.2) is 22.0 Å². The zero-order valence-electron chi connectivity index (χ0n) is 12.3. The van der Waals surface area contributed by atoms with E-state index in [1.165, 1.54) is 0 Å². The van der Waals surface area contributed by atoms with E-state index in [1.807, 2.05) is 36.4 Å². The average molecular weight is 349 g/mol. The Bertz CT molecular complexity index is 829. The second kappa shape index (κ2) is 6.62. The van der Waals surface area contributed by atoms with Gasteiger partial charge in [-0.2, -0.15) is 5.10 Å². The van der Waals surface area contributed by atoms with Gasteiger partial charge in [0.1, 0.15) is 5.75 Å². The molecule has 0 saturated heterocycles. The van der Waals surface area contributed by atoms with Crippen LogP contribution in [0.5, 0.6) is 5.75 Å². The third kappa shape index (κ3) is 3.20. The minimum absolute atomic E-state index is 0.125. The molecule has 3 rings (SSSR count). The van der Waals surface area contributed by atoms with E-state index in [0.717, 1.165) is 17.0 Å². The van der Waals surface area contributed by atoms with E-state index in [-0.39, 0.29) is 6.61 Å². The molecule has 1 N–H and O–H groups in total. The van der Waals surface area contributed by atoms with Crippen LogP contribution in [0.3, 0.4) is 0 Å². The second-order valence-electron chi connectivity index (χ2n) is 4.92. The van der Waals surface area contributed by atoms with E-state index in [9.17, 15) is 5.11 Å². The Morgan fingerprint density at radius 2 is 1.78 bits per heavy atom. The summed E-state index contributed by atoms with van der Waals surface area (Å²) >= 11 is 12.0. The fourth-order valence-corrected chi connectivity index (χ4v) is 2.57. The van der Waals surface area contributed by atoms with Crippen molar-refractivity contribution in [2.24, 2.45) is 0 Å². The summed E-state index contributed by atoms with van der Waals surface area (Å²) in [6.07, 6.45) is 0. The summed E-state index contributed by atoms with van der Waals surface area (Å²) < 4.78 is 6.85. The first-order valence-electron chi connectivity index (χ1n) is 6.92. The minimum atomic E-state index is -0.125. The molecule has 0 atom stereocenters. The highest BCUT2D eigenvalue weighted by atomic mass is 35.5. The topological polar surface area (TPSA) is 47.3 Å². The molecule has 0 radical (unpaired) electrons. The number of ether oxygens (including phenoxy) is 1. The molecule has 0 amide bonds. The molecular formula is C17H14Cl2N2O2. The Morgan fingerprint density at radius 1 is 1.04 bits per heavy atom. The molecule has 23 heavy (non-hydrogen) atoms. The van der Waals surface area contributed by atoms with Crippen molar-refractivity contribution >= 4 is 23.2 Å². The van der Waals surface area contributed by atoms with Crippen LogP contribution in [-0.2, 0) is 6.61 Å². The molecule has 0 aliphatic rings. The van der Waals surface area contributed by atoms with Crippen LogP contribution in [0.2, 0.25) is 10.0 Å². The molecule has 0 spiro atoms. The van der Waals surface area contributed by atoms with Crippen molar-refractivity contribution in [3.05, 3.63) is 64.3 Å². The maximum atomic E-state index is 9.61. The van der Waals surface area contributed by atoms with Gasteiger partial charge in [0.2, 0.25) is 0 Å². The SMILES string of the molecule is COc1ccc(-n2nc(-c3ccc(Cl)c(Cl)c3)cc2CO)cc1. The number of benzene rings is 2. The maximum absolute atomic E-state index is 9.61. The van der Waals surface area contributed by atoms with Crippen LogP contribution >= 0.6 is 23.2 Å². The minimum Gasteiger partial charge on any atom is -0.497 e. The van der Waals surface area contributed by atoms with Crippen molar-refractivity contribution in [3.63, 3.8) is 0 Å². The molecule has 6 heteroatoms. The van der Waals surface area contributed by atoms with Crippen LogP contribution in [0, 0.1) is 0 Å². The Kier molecular flexibility index (Phi) is 4.57. The van der Waals surface area contributed by atoms with Gasteiger partial charge in [-0.3, -0.25) is 0 Å². The summed E-state index contributed by atoms with van der Waals surface area (Å²) in [4.78, 5) is 0. The van der Waals surface area contributed by atoms with Gasteiger partial charge in [0.05, 0.1) is 40.8 Å². The lowest BCUT2D eigenvalue weighted by molar-refractivity contribution is 0.273. The highest BCUT2D eigenvalue weighted by molar-refractivity contribution is 6.42. The zero-order chi connectivity index (χ0) is 16.4. The molecule has 0 unspecified atom stereocenters. The number of hydrogen-bond donors (Lipinski definition) is 1. The number of aliphatic hydroxyl groups excluding tert-OH is 1. The van der Waals surface area contributed by atoms with E-state index in [4.69, 9.17) is 27.9 Å². The highest BCUT2D eigenvalue weighted by Crippen LogP contribution is 2.29. The molecule has 0 fully saturated rings. The predicted molar refractivity (Wildman–Crippen MR) is 91.5 cm³/mol. The second-order valence-corrected chi connectivity index (χ2v) is 5.73. The Balaban J connectivity index is 2.04. The molecule has 0 saturated carbocycles. The van der Waals surface area contributed by atoms with E-state index in [0.29, 0.717) is 21.4 Å². The highest BCUT2D eigenvalue weighted by Gasteiger charge is 2.12. The van der Waals surface area contributed by atoms with E-state index in [2.05, 4.69) is 5.10 Å². The summed E-state index contributed by atoms with van der Waals surface area (Å²) in [5.74, 6) is 0.760. The van der Waals surface area contributed by atoms with Gasteiger partial charge in [0, 0.05) is 5.56 Å². The smallest absolute Gasteiger partial charge is 0.119 e. The van der Waals surface area contributed by atoms with Gasteiger partial charge in [0.15, 0.2) is 0 Å². The van der Waals surface area contributed by atoms with Crippen molar-refractivity contribution in [2.45, 2.75) is 6.61 Å². The zero-order valence-corrected chi connectivity index (χ0v) is 13.8. The Labute approximate surface area is 143 Å². The van der Waals surface area contributed by atoms with Gasteiger partial charge in [-0.05, 0) is 42.5 Å². The summed E-state index contributed by atoms with van der Waals surface area (Å²) in [6.45, 7) is -0.125. The van der Waals surface area contributed by atoms with Crippen LogP contribution < -0.4 is 4.74 Å². The quantitative estimate of drug-likeness (QED) is 0.762. The van der Waals surface area contributed by atoms with Crippen LogP contribution in [0.15, 0.2) is 48.5 Å². The van der Waals surface area contributed by atoms with Crippen molar-refractivity contribution in [2.75, 3.05) is 7.11 Å². The molecule has 0 aliphatic heterocycles.